The number of halogens is 1. The lowest BCUT2D eigenvalue weighted by Crippen LogP contribution is -2.50. The molecule has 2 atom stereocenters. The molecule has 0 radical (unpaired) electrons. The van der Waals surface area contributed by atoms with Crippen LogP contribution in [-0.4, -0.2) is 35.9 Å². The van der Waals surface area contributed by atoms with E-state index in [1.165, 1.54) is 25.0 Å². The van der Waals surface area contributed by atoms with E-state index in [2.05, 4.69) is 10.6 Å². The van der Waals surface area contributed by atoms with E-state index >= 15 is 0 Å². The third kappa shape index (κ3) is 4.05. The highest BCUT2D eigenvalue weighted by Gasteiger charge is 2.40. The smallest absolute Gasteiger partial charge is 0.315 e. The highest BCUT2D eigenvalue weighted by atomic mass is 19.1. The SMILES string of the molecule is O=C(NCC(O)c1ccccc1F)NC1CCOC2(CCCC2)C1. The number of nitrogens with one attached hydrogen (secondary N) is 2. The minimum Gasteiger partial charge on any atom is -0.386 e. The normalized spacial score (nSPS) is 23.8. The molecule has 2 fully saturated rings. The summed E-state index contributed by atoms with van der Waals surface area (Å²) in [6, 6.07) is 5.79. The van der Waals surface area contributed by atoms with Gasteiger partial charge in [0.25, 0.3) is 0 Å². The van der Waals surface area contributed by atoms with E-state index in [1.54, 1.807) is 12.1 Å². The highest BCUT2D eigenvalue weighted by molar-refractivity contribution is 5.74. The van der Waals surface area contributed by atoms with Gasteiger partial charge in [0, 0.05) is 24.8 Å². The number of hydrogen-bond donors (Lipinski definition) is 3. The molecular formula is C18H25FN2O3. The topological polar surface area (TPSA) is 70.6 Å². The van der Waals surface area contributed by atoms with Crippen molar-refractivity contribution in [2.24, 2.45) is 0 Å². The number of rotatable bonds is 4. The molecule has 1 saturated carbocycles. The van der Waals surface area contributed by atoms with E-state index in [1.807, 2.05) is 0 Å². The van der Waals surface area contributed by atoms with Crippen molar-refractivity contribution in [2.45, 2.75) is 56.3 Å². The van der Waals surface area contributed by atoms with Gasteiger partial charge in [-0.05, 0) is 31.7 Å². The van der Waals surface area contributed by atoms with E-state index in [9.17, 15) is 14.3 Å². The summed E-state index contributed by atoms with van der Waals surface area (Å²) in [6.45, 7) is 0.643. The lowest BCUT2D eigenvalue weighted by molar-refractivity contribution is -0.0820. The minimum absolute atomic E-state index is 0.0267. The Morgan fingerprint density at radius 2 is 2.12 bits per heavy atom. The number of hydrogen-bond acceptors (Lipinski definition) is 3. The molecule has 3 N–H and O–H groups in total. The van der Waals surface area contributed by atoms with Crippen LogP contribution in [0.5, 0.6) is 0 Å². The molecule has 5 nitrogen and oxygen atoms in total. The van der Waals surface area contributed by atoms with Crippen molar-refractivity contribution in [1.82, 2.24) is 10.6 Å². The molecule has 3 rings (SSSR count). The van der Waals surface area contributed by atoms with Gasteiger partial charge in [-0.1, -0.05) is 31.0 Å². The Kier molecular flexibility index (Phi) is 5.36. The molecule has 0 aromatic heterocycles. The fraction of sp³-hybridized carbons (Fsp3) is 0.611. The Labute approximate surface area is 141 Å². The first-order valence-electron chi connectivity index (χ1n) is 8.69. The Morgan fingerprint density at radius 1 is 1.38 bits per heavy atom. The second kappa shape index (κ2) is 7.49. The van der Waals surface area contributed by atoms with Crippen LogP contribution in [0.3, 0.4) is 0 Å². The molecule has 2 amide bonds. The standard InChI is InChI=1S/C18H25FN2O3/c19-15-6-2-1-5-14(15)16(22)12-20-17(23)21-13-7-10-24-18(11-13)8-3-4-9-18/h1-2,5-6,13,16,22H,3-4,7-12H2,(H2,20,21,23). The Hall–Kier alpha value is -1.66. The van der Waals surface area contributed by atoms with Crippen LogP contribution in [0.25, 0.3) is 0 Å². The van der Waals surface area contributed by atoms with E-state index < -0.39 is 11.9 Å². The number of ether oxygens (including phenoxy) is 1. The molecule has 1 saturated heterocycles. The van der Waals surface area contributed by atoms with E-state index in [0.29, 0.717) is 6.61 Å². The molecule has 24 heavy (non-hydrogen) atoms. The fourth-order valence-electron chi connectivity index (χ4n) is 3.80. The third-order valence-corrected chi connectivity index (χ3v) is 5.06. The van der Waals surface area contributed by atoms with E-state index in [4.69, 9.17) is 4.74 Å². The second-order valence-corrected chi connectivity index (χ2v) is 6.82. The average Bonchev–Trinajstić information content (AvgIpc) is 3.01. The summed E-state index contributed by atoms with van der Waals surface area (Å²) in [7, 11) is 0. The van der Waals surface area contributed by atoms with Crippen LogP contribution in [0.15, 0.2) is 24.3 Å². The summed E-state index contributed by atoms with van der Waals surface area (Å²) >= 11 is 0. The van der Waals surface area contributed by atoms with Crippen LogP contribution in [0.2, 0.25) is 0 Å². The molecule has 1 aromatic rings. The molecule has 1 aliphatic heterocycles. The van der Waals surface area contributed by atoms with Crippen molar-refractivity contribution in [3.05, 3.63) is 35.6 Å². The second-order valence-electron chi connectivity index (χ2n) is 6.82. The summed E-state index contributed by atoms with van der Waals surface area (Å²) in [6.07, 6.45) is 5.09. The first-order valence-corrected chi connectivity index (χ1v) is 8.69. The quantitative estimate of drug-likeness (QED) is 0.792. The van der Waals surface area contributed by atoms with Crippen LogP contribution >= 0.6 is 0 Å². The van der Waals surface area contributed by atoms with Crippen molar-refractivity contribution in [2.75, 3.05) is 13.2 Å². The zero-order chi connectivity index (χ0) is 17.0. The number of carbonyl (C=O) groups excluding carboxylic acids is 1. The van der Waals surface area contributed by atoms with Crippen LogP contribution in [-0.2, 0) is 4.74 Å². The maximum absolute atomic E-state index is 13.6. The van der Waals surface area contributed by atoms with Crippen LogP contribution in [0, 0.1) is 5.82 Å². The van der Waals surface area contributed by atoms with E-state index in [-0.39, 0.29) is 29.8 Å². The number of carbonyl (C=O) groups is 1. The summed E-state index contributed by atoms with van der Waals surface area (Å²) in [4.78, 5) is 12.1. The lowest BCUT2D eigenvalue weighted by atomic mass is 9.89. The Balaban J connectivity index is 1.46. The first-order chi connectivity index (χ1) is 11.6. The molecule has 132 valence electrons. The number of benzene rings is 1. The van der Waals surface area contributed by atoms with Crippen molar-refractivity contribution in [3.63, 3.8) is 0 Å². The van der Waals surface area contributed by atoms with Crippen molar-refractivity contribution < 1.29 is 19.0 Å². The molecule has 6 heteroatoms. The highest BCUT2D eigenvalue weighted by Crippen LogP contribution is 2.39. The van der Waals surface area contributed by atoms with Crippen molar-refractivity contribution >= 4 is 6.03 Å². The van der Waals surface area contributed by atoms with Gasteiger partial charge in [-0.2, -0.15) is 0 Å². The number of aliphatic hydroxyl groups is 1. The monoisotopic (exact) mass is 336 g/mol. The van der Waals surface area contributed by atoms with Crippen molar-refractivity contribution in [1.29, 1.82) is 0 Å². The van der Waals surface area contributed by atoms with Gasteiger partial charge in [0.05, 0.1) is 11.7 Å². The van der Waals surface area contributed by atoms with Crippen molar-refractivity contribution in [3.8, 4) is 0 Å². The zero-order valence-corrected chi connectivity index (χ0v) is 13.8. The van der Waals surface area contributed by atoms with Gasteiger partial charge in [-0.25, -0.2) is 9.18 Å². The van der Waals surface area contributed by atoms with Gasteiger partial charge < -0.3 is 20.5 Å². The number of aliphatic hydroxyl groups excluding tert-OH is 1. The summed E-state index contributed by atoms with van der Waals surface area (Å²) in [5, 5.41) is 15.6. The summed E-state index contributed by atoms with van der Waals surface area (Å²) in [5.74, 6) is -0.472. The Morgan fingerprint density at radius 3 is 2.88 bits per heavy atom. The lowest BCUT2D eigenvalue weighted by Gasteiger charge is -2.38. The first kappa shape index (κ1) is 17.2. The van der Waals surface area contributed by atoms with Crippen LogP contribution < -0.4 is 10.6 Å². The molecule has 2 aliphatic rings. The molecule has 2 unspecified atom stereocenters. The van der Waals surface area contributed by atoms with Crippen LogP contribution in [0.4, 0.5) is 9.18 Å². The van der Waals surface area contributed by atoms with Crippen LogP contribution in [0.1, 0.15) is 50.2 Å². The minimum atomic E-state index is -1.06. The third-order valence-electron chi connectivity index (χ3n) is 5.06. The predicted octanol–water partition coefficient (Wildman–Crippen LogP) is 2.65. The van der Waals surface area contributed by atoms with E-state index in [0.717, 1.165) is 25.7 Å². The maximum Gasteiger partial charge on any atom is 0.315 e. The number of amides is 2. The summed E-state index contributed by atoms with van der Waals surface area (Å²) in [5.41, 5.74) is 0.136. The summed E-state index contributed by atoms with van der Waals surface area (Å²) < 4.78 is 19.6. The molecule has 1 aliphatic carbocycles. The van der Waals surface area contributed by atoms with Gasteiger partial charge in [0.2, 0.25) is 0 Å². The molecule has 1 aromatic carbocycles. The van der Waals surface area contributed by atoms with Gasteiger partial charge in [-0.15, -0.1) is 0 Å². The van der Waals surface area contributed by atoms with Gasteiger partial charge >= 0.3 is 6.03 Å². The predicted molar refractivity (Wildman–Crippen MR) is 88.1 cm³/mol. The molecule has 1 heterocycles. The Bertz CT molecular complexity index is 575. The maximum atomic E-state index is 13.6. The molecule has 0 bridgehead atoms. The average molecular weight is 336 g/mol. The molecule has 1 spiro atoms. The largest absolute Gasteiger partial charge is 0.386 e. The van der Waals surface area contributed by atoms with Gasteiger partial charge in [0.1, 0.15) is 5.82 Å². The molecular weight excluding hydrogens is 311 g/mol. The number of urea groups is 1. The fourth-order valence-corrected chi connectivity index (χ4v) is 3.80. The van der Waals surface area contributed by atoms with Gasteiger partial charge in [-0.3, -0.25) is 0 Å². The zero-order valence-electron chi connectivity index (χ0n) is 13.8. The van der Waals surface area contributed by atoms with Gasteiger partial charge in [0.15, 0.2) is 0 Å².